The number of carbonyl (C=O) groups is 1. The number of hydrogen-bond acceptors (Lipinski definition) is 4. The molecule has 5 nitrogen and oxygen atoms in total. The largest absolute Gasteiger partial charge is 0.494 e. The molecule has 1 N–H and O–H groups in total. The molecule has 1 aromatic heterocycles. The van der Waals surface area contributed by atoms with Gasteiger partial charge >= 0.3 is 0 Å². The number of pyridine rings is 1. The molecule has 0 spiro atoms. The molecule has 0 saturated carbocycles. The van der Waals surface area contributed by atoms with Crippen molar-refractivity contribution in [2.75, 3.05) is 19.8 Å². The fourth-order valence-corrected chi connectivity index (χ4v) is 2.89. The van der Waals surface area contributed by atoms with E-state index in [0.29, 0.717) is 25.3 Å². The van der Waals surface area contributed by atoms with Gasteiger partial charge in [0.05, 0.1) is 24.2 Å². The molecule has 1 heterocycles. The number of rotatable bonds is 7. The molecule has 3 aromatic rings. The lowest BCUT2D eigenvalue weighted by atomic mass is 10.0. The second-order valence-electron chi connectivity index (χ2n) is 6.34. The molecule has 0 fully saturated rings. The molecule has 0 radical (unpaired) electrons. The lowest BCUT2D eigenvalue weighted by molar-refractivity contribution is 0.0948. The average molecular weight is 364 g/mol. The van der Waals surface area contributed by atoms with E-state index in [0.717, 1.165) is 33.7 Å². The summed E-state index contributed by atoms with van der Waals surface area (Å²) in [6, 6.07) is 15.2. The highest BCUT2D eigenvalue weighted by Gasteiger charge is 2.12. The highest BCUT2D eigenvalue weighted by molar-refractivity contribution is 6.06. The highest BCUT2D eigenvalue weighted by Crippen LogP contribution is 2.20. The van der Waals surface area contributed by atoms with Gasteiger partial charge in [-0.1, -0.05) is 11.6 Å². The van der Waals surface area contributed by atoms with E-state index < -0.39 is 0 Å². The minimum absolute atomic E-state index is 0.119. The quantitative estimate of drug-likeness (QED) is 0.642. The fraction of sp³-hybridized carbons (Fsp3) is 0.273. The number of ether oxygens (including phenoxy) is 2. The zero-order valence-corrected chi connectivity index (χ0v) is 15.9. The van der Waals surface area contributed by atoms with Crippen molar-refractivity contribution in [3.63, 3.8) is 0 Å². The van der Waals surface area contributed by atoms with Crippen LogP contribution in [-0.4, -0.2) is 30.6 Å². The molecule has 5 heteroatoms. The monoisotopic (exact) mass is 364 g/mol. The smallest absolute Gasteiger partial charge is 0.252 e. The zero-order valence-electron chi connectivity index (χ0n) is 15.9. The topological polar surface area (TPSA) is 60.5 Å². The Morgan fingerprint density at radius 1 is 1.00 bits per heavy atom. The van der Waals surface area contributed by atoms with Gasteiger partial charge in [-0.25, -0.2) is 0 Å². The van der Waals surface area contributed by atoms with Crippen LogP contribution < -0.4 is 14.8 Å². The Morgan fingerprint density at radius 2 is 1.70 bits per heavy atom. The second kappa shape index (κ2) is 8.54. The molecular formula is C22H24N2O3. The SMILES string of the molecule is CCOc1ccc(OCCNC(=O)c2cc(C)nc3ccc(C)cc23)cc1. The molecule has 2 aromatic carbocycles. The molecular weight excluding hydrogens is 340 g/mol. The molecule has 0 atom stereocenters. The summed E-state index contributed by atoms with van der Waals surface area (Å²) in [7, 11) is 0. The van der Waals surface area contributed by atoms with Gasteiger partial charge in [0.1, 0.15) is 18.1 Å². The number of carbonyl (C=O) groups excluding carboxylic acids is 1. The van der Waals surface area contributed by atoms with Crippen LogP contribution in [-0.2, 0) is 0 Å². The van der Waals surface area contributed by atoms with Crippen LogP contribution in [0, 0.1) is 13.8 Å². The number of nitrogens with one attached hydrogen (secondary N) is 1. The van der Waals surface area contributed by atoms with Crippen LogP contribution in [0.1, 0.15) is 28.5 Å². The van der Waals surface area contributed by atoms with Gasteiger partial charge in [-0.2, -0.15) is 0 Å². The maximum Gasteiger partial charge on any atom is 0.252 e. The van der Waals surface area contributed by atoms with Crippen LogP contribution in [0.4, 0.5) is 0 Å². The summed E-state index contributed by atoms with van der Waals surface area (Å²) in [6.45, 7) is 7.29. The van der Waals surface area contributed by atoms with Crippen LogP contribution in [0.15, 0.2) is 48.5 Å². The first-order valence-corrected chi connectivity index (χ1v) is 9.08. The predicted octanol–water partition coefficient (Wildman–Crippen LogP) is 4.06. The van der Waals surface area contributed by atoms with E-state index in [-0.39, 0.29) is 5.91 Å². The molecule has 0 saturated heterocycles. The molecule has 27 heavy (non-hydrogen) atoms. The normalized spacial score (nSPS) is 10.6. The Bertz CT molecular complexity index is 936. The van der Waals surface area contributed by atoms with Gasteiger partial charge in [0, 0.05) is 11.1 Å². The van der Waals surface area contributed by atoms with E-state index in [1.807, 2.05) is 69.3 Å². The lowest BCUT2D eigenvalue weighted by Crippen LogP contribution is -2.28. The molecule has 0 unspecified atom stereocenters. The van der Waals surface area contributed by atoms with E-state index in [9.17, 15) is 4.79 Å². The van der Waals surface area contributed by atoms with Crippen LogP contribution in [0.3, 0.4) is 0 Å². The number of aryl methyl sites for hydroxylation is 2. The van der Waals surface area contributed by atoms with E-state index in [4.69, 9.17) is 9.47 Å². The first-order valence-electron chi connectivity index (χ1n) is 9.08. The first kappa shape index (κ1) is 18.7. The summed E-state index contributed by atoms with van der Waals surface area (Å²) in [5, 5.41) is 3.79. The maximum absolute atomic E-state index is 12.6. The molecule has 0 aliphatic rings. The lowest BCUT2D eigenvalue weighted by Gasteiger charge is -2.11. The summed E-state index contributed by atoms with van der Waals surface area (Å²) in [5.41, 5.74) is 3.39. The standard InChI is InChI=1S/C22H24N2O3/c1-4-26-17-6-8-18(9-7-17)27-12-11-23-22(25)20-14-16(3)24-21-10-5-15(2)13-19(20)21/h5-10,13-14H,4,11-12H2,1-3H3,(H,23,25). The third kappa shape index (κ3) is 4.76. The van der Waals surface area contributed by atoms with Gasteiger partial charge < -0.3 is 14.8 Å². The molecule has 1 amide bonds. The Morgan fingerprint density at radius 3 is 2.41 bits per heavy atom. The Balaban J connectivity index is 1.59. The van der Waals surface area contributed by atoms with Crippen molar-refractivity contribution in [1.82, 2.24) is 10.3 Å². The van der Waals surface area contributed by atoms with Gasteiger partial charge in [-0.05, 0) is 63.2 Å². The van der Waals surface area contributed by atoms with Crippen LogP contribution in [0.2, 0.25) is 0 Å². The summed E-state index contributed by atoms with van der Waals surface area (Å²) in [5.74, 6) is 1.44. The van der Waals surface area contributed by atoms with Gasteiger partial charge in [0.25, 0.3) is 5.91 Å². The molecule has 0 bridgehead atoms. The van der Waals surface area contributed by atoms with Crippen molar-refractivity contribution in [1.29, 1.82) is 0 Å². The van der Waals surface area contributed by atoms with Crippen LogP contribution in [0.25, 0.3) is 10.9 Å². The maximum atomic E-state index is 12.6. The third-order valence-corrected chi connectivity index (χ3v) is 4.13. The second-order valence-corrected chi connectivity index (χ2v) is 6.34. The van der Waals surface area contributed by atoms with Crippen molar-refractivity contribution in [2.45, 2.75) is 20.8 Å². The van der Waals surface area contributed by atoms with Gasteiger partial charge in [-0.3, -0.25) is 9.78 Å². The van der Waals surface area contributed by atoms with E-state index in [1.165, 1.54) is 0 Å². The fourth-order valence-electron chi connectivity index (χ4n) is 2.89. The number of benzene rings is 2. The summed E-state index contributed by atoms with van der Waals surface area (Å²) in [4.78, 5) is 17.1. The summed E-state index contributed by atoms with van der Waals surface area (Å²) >= 11 is 0. The number of amides is 1. The van der Waals surface area contributed by atoms with Crippen molar-refractivity contribution < 1.29 is 14.3 Å². The zero-order chi connectivity index (χ0) is 19.2. The van der Waals surface area contributed by atoms with Crippen molar-refractivity contribution in [3.05, 3.63) is 65.4 Å². The highest BCUT2D eigenvalue weighted by atomic mass is 16.5. The molecule has 0 aliphatic heterocycles. The summed E-state index contributed by atoms with van der Waals surface area (Å²) in [6.07, 6.45) is 0. The van der Waals surface area contributed by atoms with Crippen molar-refractivity contribution in [2.24, 2.45) is 0 Å². The molecule has 140 valence electrons. The Labute approximate surface area is 159 Å². The van der Waals surface area contributed by atoms with E-state index in [2.05, 4.69) is 10.3 Å². The summed E-state index contributed by atoms with van der Waals surface area (Å²) < 4.78 is 11.1. The van der Waals surface area contributed by atoms with E-state index >= 15 is 0 Å². The van der Waals surface area contributed by atoms with Crippen molar-refractivity contribution in [3.8, 4) is 11.5 Å². The predicted molar refractivity (Wildman–Crippen MR) is 107 cm³/mol. The Kier molecular flexibility index (Phi) is 5.91. The van der Waals surface area contributed by atoms with Crippen LogP contribution >= 0.6 is 0 Å². The van der Waals surface area contributed by atoms with E-state index in [1.54, 1.807) is 0 Å². The minimum atomic E-state index is -0.119. The molecule has 0 aliphatic carbocycles. The minimum Gasteiger partial charge on any atom is -0.494 e. The first-order chi connectivity index (χ1) is 13.1. The third-order valence-electron chi connectivity index (χ3n) is 4.13. The molecule has 3 rings (SSSR count). The van der Waals surface area contributed by atoms with Crippen LogP contribution in [0.5, 0.6) is 11.5 Å². The van der Waals surface area contributed by atoms with Gasteiger partial charge in [0.2, 0.25) is 0 Å². The van der Waals surface area contributed by atoms with Crippen molar-refractivity contribution >= 4 is 16.8 Å². The number of fused-ring (bicyclic) bond motifs is 1. The number of hydrogen-bond donors (Lipinski definition) is 1. The van der Waals surface area contributed by atoms with Gasteiger partial charge in [0.15, 0.2) is 0 Å². The van der Waals surface area contributed by atoms with Gasteiger partial charge in [-0.15, -0.1) is 0 Å². The average Bonchev–Trinajstić information content (AvgIpc) is 2.66. The Hall–Kier alpha value is -3.08. The number of nitrogens with zero attached hydrogens (tertiary/aromatic N) is 1. The number of aromatic nitrogens is 1.